The van der Waals surface area contributed by atoms with Crippen LogP contribution in [0.15, 0.2) is 237 Å². The molecule has 0 radical (unpaired) electrons. The van der Waals surface area contributed by atoms with Gasteiger partial charge in [-0.3, -0.25) is 71.9 Å². The van der Waals surface area contributed by atoms with Crippen LogP contribution in [0, 0.1) is 47.6 Å². The van der Waals surface area contributed by atoms with E-state index in [-0.39, 0.29) is 64.6 Å². The van der Waals surface area contributed by atoms with E-state index in [0.29, 0.717) is 25.8 Å². The molecule has 0 fully saturated rings. The predicted molar refractivity (Wildman–Crippen MR) is 454 cm³/mol. The van der Waals surface area contributed by atoms with Crippen molar-refractivity contribution in [2.45, 2.75) is 83.1 Å². The van der Waals surface area contributed by atoms with Crippen molar-refractivity contribution in [1.29, 1.82) is 0 Å². The summed E-state index contributed by atoms with van der Waals surface area (Å²) in [5, 5.41) is 11.9. The molecule has 0 aliphatic carbocycles. The maximum absolute atomic E-state index is 14.1. The Balaban J connectivity index is 0.000000236. The number of aryl methyl sites for hydroxylation is 2. The summed E-state index contributed by atoms with van der Waals surface area (Å²) in [6.07, 6.45) is 0.477. The fraction of sp³-hybridized carbons (Fsp3) is 0.157. The van der Waals surface area contributed by atoms with Crippen LogP contribution in [0.25, 0.3) is 0 Å². The fourth-order valence-electron chi connectivity index (χ4n) is 11.4. The van der Waals surface area contributed by atoms with E-state index >= 15 is 0 Å². The van der Waals surface area contributed by atoms with Crippen LogP contribution < -0.4 is 60.0 Å². The highest BCUT2D eigenvalue weighted by Crippen LogP contribution is 2.31. The molecular weight excluding hydrogens is 1740 g/mol. The number of primary amides is 5. The second-order valence-corrected chi connectivity index (χ2v) is 28.5. The van der Waals surface area contributed by atoms with Crippen molar-refractivity contribution in [2.24, 2.45) is 28.7 Å². The molecule has 5 atom stereocenters. The highest BCUT2D eigenvalue weighted by atomic mass is 127. The van der Waals surface area contributed by atoms with Crippen molar-refractivity contribution in [3.8, 4) is 5.75 Å². The highest BCUT2D eigenvalue weighted by molar-refractivity contribution is 14.1. The molecule has 10 aromatic carbocycles. The van der Waals surface area contributed by atoms with Gasteiger partial charge in [0, 0.05) is 46.8 Å². The lowest BCUT2D eigenvalue weighted by Gasteiger charge is -2.17. The minimum Gasteiger partial charge on any atom is -0.495 e. The van der Waals surface area contributed by atoms with Gasteiger partial charge in [-0.25, -0.2) is 17.6 Å². The van der Waals surface area contributed by atoms with Crippen molar-refractivity contribution in [2.75, 3.05) is 7.11 Å². The van der Waals surface area contributed by atoms with Gasteiger partial charge in [0.05, 0.1) is 33.8 Å². The molecule has 0 aromatic heterocycles. The second-order valence-electron chi connectivity index (χ2n) is 26.6. The molecule has 0 saturated heterocycles. The number of benzene rings is 10. The molecule has 0 spiro atoms. The van der Waals surface area contributed by atoms with E-state index in [2.05, 4.69) is 26.6 Å². The van der Waals surface area contributed by atoms with Crippen LogP contribution in [0.5, 0.6) is 5.75 Å². The third-order valence-corrected chi connectivity index (χ3v) is 19.7. The standard InChI is InChI=1S/C19H20N2O3.C18H16ClFN2O4.C18H16ClFN2O3.C17H14FIN2O3.C17H15FN2O3/c1-12-7-6-10-15(13(12)2)19(24)21-16(17(22)18(20)23)11-14-8-4-3-5-9-14;1-26-13-8-7-11(20)14(15(13)19)18(25)22-12(16(23)17(21)24)9-10-5-3-2-4-6-10;1-10-7-8-12(20)14(15(10)19)18(25)22-13(16(23)17(21)24)9-11-5-3-2-4-6-11;18-11-7-4-8-12(19)14(11)17(24)21-13(15(22)16(20)23)9-10-5-2-1-3-6-10;18-13-8-6-12(7-9-13)17(23)20-14(15(21)16(19)22)10-11-4-2-1-3-5-11/h3-10,16H,11H2,1-2H3,(H2,20,23)(H,21,24);2-8,12H,9H2,1H3,(H2,21,24)(H,22,25);2-8,13H,9H2,1H3,(H2,21,24)(H,22,25);1-8,13H,9H2,(H2,20,23)(H,21,24);1-9,14H,10H2,(H2,19,22)(H,20,23)/t;12-;2*13-;14-/m.0000/s1. The van der Waals surface area contributed by atoms with Crippen molar-refractivity contribution >= 4 is 134 Å². The van der Waals surface area contributed by atoms with Gasteiger partial charge in [-0.2, -0.15) is 0 Å². The third kappa shape index (κ3) is 29.3. The molecule has 632 valence electrons. The van der Waals surface area contributed by atoms with E-state index in [1.54, 1.807) is 140 Å². The molecule has 10 aromatic rings. The molecule has 0 heterocycles. The number of Topliss-reactive ketones (excluding diaryl/α,β-unsaturated/α-hetero) is 5. The number of hydrogen-bond donors (Lipinski definition) is 10. The summed E-state index contributed by atoms with van der Waals surface area (Å²) < 4.78 is 60.2. The Hall–Kier alpha value is -13.9. The van der Waals surface area contributed by atoms with Crippen molar-refractivity contribution < 1.29 is 94.2 Å². The number of ketones is 5. The van der Waals surface area contributed by atoms with E-state index in [0.717, 1.165) is 58.1 Å². The highest BCUT2D eigenvalue weighted by Gasteiger charge is 2.33. The van der Waals surface area contributed by atoms with Crippen LogP contribution in [0.3, 0.4) is 0 Å². The minimum atomic E-state index is -1.26. The maximum Gasteiger partial charge on any atom is 0.287 e. The van der Waals surface area contributed by atoms with Gasteiger partial charge in [0.2, 0.25) is 28.9 Å². The number of halogens is 7. The van der Waals surface area contributed by atoms with Crippen molar-refractivity contribution in [3.63, 3.8) is 0 Å². The molecule has 10 rings (SSSR count). The third-order valence-electron chi connectivity index (χ3n) is 17.9. The van der Waals surface area contributed by atoms with Gasteiger partial charge in [-0.15, -0.1) is 0 Å². The molecule has 15 N–H and O–H groups in total. The average Bonchev–Trinajstić information content (AvgIpc) is 0.814. The summed E-state index contributed by atoms with van der Waals surface area (Å²) >= 11 is 13.8. The summed E-state index contributed by atoms with van der Waals surface area (Å²) in [4.78, 5) is 178. The largest absolute Gasteiger partial charge is 0.495 e. The first kappa shape index (κ1) is 96.9. The molecule has 26 nitrogen and oxygen atoms in total. The van der Waals surface area contributed by atoms with E-state index in [4.69, 9.17) is 56.6 Å². The monoisotopic (exact) mass is 1820 g/mol. The summed E-state index contributed by atoms with van der Waals surface area (Å²) in [5.41, 5.74) is 31.0. The molecule has 33 heteroatoms. The average molecular weight is 1820 g/mol. The fourth-order valence-corrected chi connectivity index (χ4v) is 12.7. The predicted octanol–water partition coefficient (Wildman–Crippen LogP) is 8.81. The normalized spacial score (nSPS) is 11.6. The van der Waals surface area contributed by atoms with Crippen LogP contribution in [-0.2, 0) is 80.0 Å². The minimum absolute atomic E-state index is 0.0115. The maximum atomic E-state index is 14.1. The number of nitrogens with two attached hydrogens (primary N) is 5. The Morgan fingerprint density at radius 2 is 0.623 bits per heavy atom. The first-order valence-corrected chi connectivity index (χ1v) is 38.4. The van der Waals surface area contributed by atoms with Crippen LogP contribution in [0.2, 0.25) is 10.0 Å². The Kier molecular flexibility index (Phi) is 37.8. The number of amides is 10. The molecule has 0 bridgehead atoms. The summed E-state index contributed by atoms with van der Waals surface area (Å²) in [7, 11) is 1.32. The van der Waals surface area contributed by atoms with Gasteiger partial charge in [-0.05, 0) is 149 Å². The lowest BCUT2D eigenvalue weighted by molar-refractivity contribution is -0.137. The molecule has 1 unspecified atom stereocenters. The number of nitrogens with one attached hydrogen (secondary N) is 5. The summed E-state index contributed by atoms with van der Waals surface area (Å²) in [6.45, 7) is 5.36. The van der Waals surface area contributed by atoms with Crippen molar-refractivity contribution in [3.05, 3.63) is 346 Å². The van der Waals surface area contributed by atoms with Gasteiger partial charge in [0.25, 0.3) is 59.1 Å². The first-order valence-electron chi connectivity index (χ1n) is 36.6. The van der Waals surface area contributed by atoms with Crippen molar-refractivity contribution in [1.82, 2.24) is 26.6 Å². The van der Waals surface area contributed by atoms with Crippen LogP contribution in [0.4, 0.5) is 17.6 Å². The summed E-state index contributed by atoms with van der Waals surface area (Å²) in [5.74, 6) is -16.7. The first-order chi connectivity index (χ1) is 57.9. The second kappa shape index (κ2) is 47.6. The zero-order valence-corrected chi connectivity index (χ0v) is 69.2. The van der Waals surface area contributed by atoms with Crippen LogP contribution in [-0.4, -0.2) is 125 Å². The number of carbonyl (C=O) groups excluding carboxylic acids is 15. The smallest absolute Gasteiger partial charge is 0.287 e. The zero-order valence-electron chi connectivity index (χ0n) is 65.5. The van der Waals surface area contributed by atoms with E-state index in [9.17, 15) is 89.5 Å². The Morgan fingerprint density at radius 1 is 0.328 bits per heavy atom. The Bertz CT molecular complexity index is 5480. The summed E-state index contributed by atoms with van der Waals surface area (Å²) in [6, 6.07) is 57.9. The van der Waals surface area contributed by atoms with E-state index in [1.807, 2.05) is 78.9 Å². The quantitative estimate of drug-likeness (QED) is 0.0110. The van der Waals surface area contributed by atoms with Gasteiger partial charge in [0.1, 0.15) is 59.2 Å². The van der Waals surface area contributed by atoms with Gasteiger partial charge in [-0.1, -0.05) is 199 Å². The topological polar surface area (TPSA) is 456 Å². The number of methoxy groups -OCH3 is 1. The molecule has 0 saturated carbocycles. The molecule has 122 heavy (non-hydrogen) atoms. The van der Waals surface area contributed by atoms with Gasteiger partial charge >= 0.3 is 0 Å². The van der Waals surface area contributed by atoms with Gasteiger partial charge in [0.15, 0.2) is 0 Å². The molecule has 10 amide bonds. The lowest BCUT2D eigenvalue weighted by atomic mass is 9.99. The van der Waals surface area contributed by atoms with E-state index in [1.165, 1.54) is 37.4 Å². The van der Waals surface area contributed by atoms with Gasteiger partial charge < -0.3 is 60.0 Å². The van der Waals surface area contributed by atoms with E-state index < -0.39 is 147 Å². The van der Waals surface area contributed by atoms with Crippen LogP contribution >= 0.6 is 45.8 Å². The molecule has 0 aliphatic rings. The number of hydrogen-bond acceptors (Lipinski definition) is 16. The zero-order chi connectivity index (χ0) is 90.0. The molecular formula is C89H81Cl2F4IN10O16. The van der Waals surface area contributed by atoms with Crippen LogP contribution in [0.1, 0.15) is 96.3 Å². The Labute approximate surface area is 720 Å². The number of carbonyl (C=O) groups is 15. The SMILES string of the molecule is COc1ccc(F)c(C(=O)N[C@@H](Cc2ccccc2)C(=O)C(N)=O)c1Cl.Cc1ccc(F)c(C(=O)N[C@@H](Cc2ccccc2)C(=O)C(N)=O)c1Cl.Cc1cccc(C(=O)NC(Cc2ccccc2)C(=O)C(N)=O)c1C.NC(=O)C(=O)[C@H](Cc1ccccc1)NC(=O)c1c(F)cccc1I.NC(=O)C(=O)[C@H](Cc1ccccc1)NC(=O)c1ccc(F)cc1. The number of rotatable bonds is 31. The molecule has 0 aliphatic heterocycles. The number of ether oxygens (including phenoxy) is 1. The lowest BCUT2D eigenvalue weighted by Crippen LogP contribution is -2.47. The Morgan fingerprint density at radius 3 is 0.951 bits per heavy atom.